The summed E-state index contributed by atoms with van der Waals surface area (Å²) in [5, 5.41) is 2.46. The Morgan fingerprint density at radius 1 is 0.257 bits per heavy atom. The second-order valence-corrected chi connectivity index (χ2v) is 18.4. The fourth-order valence-corrected chi connectivity index (χ4v) is 11.9. The van der Waals surface area contributed by atoms with E-state index in [1.165, 1.54) is 71.9 Å². The summed E-state index contributed by atoms with van der Waals surface area (Å²) in [5.74, 6) is 0. The van der Waals surface area contributed by atoms with Crippen molar-refractivity contribution in [1.82, 2.24) is 4.57 Å². The summed E-state index contributed by atoms with van der Waals surface area (Å²) < 4.78 is 2.42. The SMILES string of the molecule is c1ccc(-c2cccc(N(c3ccc4c(c3)C3(c5ccccc5-c5ccc(N(c6ccccc6)c6ccccc6)cc53)c3ccccc3-4)c3ccc4c5ccccc5n(-c5ccccc5)c4c3)c2)cc1. The maximum atomic E-state index is 2.51. The van der Waals surface area contributed by atoms with Crippen molar-refractivity contribution in [2.75, 3.05) is 9.80 Å². The van der Waals surface area contributed by atoms with E-state index in [4.69, 9.17) is 0 Å². The molecule has 1 aromatic heterocycles. The van der Waals surface area contributed by atoms with Gasteiger partial charge in [0.2, 0.25) is 0 Å². The minimum absolute atomic E-state index is 0.593. The summed E-state index contributed by atoms with van der Waals surface area (Å²) in [6.45, 7) is 0. The van der Waals surface area contributed by atoms with E-state index >= 15 is 0 Å². The molecule has 2 aliphatic rings. The summed E-state index contributed by atoms with van der Waals surface area (Å²) >= 11 is 0. The molecule has 11 aromatic carbocycles. The second kappa shape index (κ2) is 16.0. The molecule has 14 rings (SSSR count). The average Bonchev–Trinajstić information content (AvgIpc) is 4.03. The first kappa shape index (κ1) is 39.9. The Morgan fingerprint density at radius 2 is 0.686 bits per heavy atom. The summed E-state index contributed by atoms with van der Waals surface area (Å²) in [7, 11) is 0. The second-order valence-electron chi connectivity index (χ2n) is 18.4. The van der Waals surface area contributed by atoms with Crippen LogP contribution < -0.4 is 9.80 Å². The lowest BCUT2D eigenvalue weighted by atomic mass is 9.70. The molecule has 1 spiro atoms. The molecule has 0 saturated carbocycles. The van der Waals surface area contributed by atoms with Crippen LogP contribution in [0.4, 0.5) is 34.1 Å². The van der Waals surface area contributed by atoms with Gasteiger partial charge in [-0.3, -0.25) is 0 Å². The van der Waals surface area contributed by atoms with Crippen LogP contribution in [0.25, 0.3) is 60.9 Å². The van der Waals surface area contributed by atoms with Crippen molar-refractivity contribution in [2.45, 2.75) is 5.41 Å². The largest absolute Gasteiger partial charge is 0.310 e. The van der Waals surface area contributed by atoms with Crippen molar-refractivity contribution >= 4 is 55.9 Å². The third-order valence-electron chi connectivity index (χ3n) is 14.7. The van der Waals surface area contributed by atoms with Crippen molar-refractivity contribution in [3.8, 4) is 39.1 Å². The van der Waals surface area contributed by atoms with Crippen LogP contribution >= 0.6 is 0 Å². The molecule has 328 valence electrons. The maximum absolute atomic E-state index is 2.51. The molecule has 0 bridgehead atoms. The Balaban J connectivity index is 1.03. The number of hydrogen-bond donors (Lipinski definition) is 0. The number of rotatable bonds is 8. The summed E-state index contributed by atoms with van der Waals surface area (Å²) in [6.07, 6.45) is 0. The molecule has 1 atom stereocenters. The predicted octanol–water partition coefficient (Wildman–Crippen LogP) is 17.7. The Kier molecular flexibility index (Phi) is 9.11. The lowest BCUT2D eigenvalue weighted by Crippen LogP contribution is -2.26. The zero-order valence-electron chi connectivity index (χ0n) is 38.3. The standard InChI is InChI=1S/C67H45N3/c1-5-20-46(21-6-1)47-22-19-29-51(42-47)69(54-38-41-60-59-32-15-18-35-65(59)70(66(60)45-54)50-27-11-4-12-28-50)53-37-40-58-56-31-14-17-34-62(56)67(64(58)44-53)61-33-16-13-30-55(61)57-39-36-52(43-63(57)67)68(48-23-7-2-8-24-48)49-25-9-3-10-26-49/h1-45H. The minimum atomic E-state index is -0.593. The molecule has 0 aliphatic heterocycles. The van der Waals surface area contributed by atoms with E-state index in [0.717, 1.165) is 45.3 Å². The van der Waals surface area contributed by atoms with E-state index < -0.39 is 5.41 Å². The number of anilines is 6. The van der Waals surface area contributed by atoms with E-state index in [1.807, 2.05) is 0 Å². The molecular formula is C67H45N3. The van der Waals surface area contributed by atoms with E-state index in [9.17, 15) is 0 Å². The van der Waals surface area contributed by atoms with Gasteiger partial charge in [0.05, 0.1) is 16.4 Å². The maximum Gasteiger partial charge on any atom is 0.0727 e. The van der Waals surface area contributed by atoms with Crippen LogP contribution in [-0.4, -0.2) is 4.57 Å². The van der Waals surface area contributed by atoms with Crippen molar-refractivity contribution in [2.24, 2.45) is 0 Å². The molecule has 0 N–H and O–H groups in total. The molecule has 1 unspecified atom stereocenters. The quantitative estimate of drug-likeness (QED) is 0.151. The Hall–Kier alpha value is -9.18. The Morgan fingerprint density at radius 3 is 1.31 bits per heavy atom. The van der Waals surface area contributed by atoms with Gasteiger partial charge < -0.3 is 14.4 Å². The van der Waals surface area contributed by atoms with Crippen LogP contribution in [0.15, 0.2) is 273 Å². The van der Waals surface area contributed by atoms with Crippen molar-refractivity contribution in [3.63, 3.8) is 0 Å². The first-order chi connectivity index (χ1) is 34.7. The Labute approximate surface area is 408 Å². The molecule has 0 amide bonds. The van der Waals surface area contributed by atoms with Crippen LogP contribution in [-0.2, 0) is 5.41 Å². The predicted molar refractivity (Wildman–Crippen MR) is 292 cm³/mol. The van der Waals surface area contributed by atoms with Gasteiger partial charge in [-0.2, -0.15) is 0 Å². The van der Waals surface area contributed by atoms with Gasteiger partial charge >= 0.3 is 0 Å². The minimum Gasteiger partial charge on any atom is -0.310 e. The highest BCUT2D eigenvalue weighted by Gasteiger charge is 2.52. The van der Waals surface area contributed by atoms with Crippen molar-refractivity contribution < 1.29 is 0 Å². The van der Waals surface area contributed by atoms with Crippen LogP contribution in [0, 0.1) is 0 Å². The van der Waals surface area contributed by atoms with Gasteiger partial charge in [-0.1, -0.05) is 182 Å². The number of benzene rings is 11. The van der Waals surface area contributed by atoms with E-state index in [2.05, 4.69) is 287 Å². The highest BCUT2D eigenvalue weighted by Crippen LogP contribution is 2.64. The van der Waals surface area contributed by atoms with Crippen molar-refractivity contribution in [1.29, 1.82) is 0 Å². The van der Waals surface area contributed by atoms with Gasteiger partial charge in [0, 0.05) is 50.6 Å². The molecule has 0 fully saturated rings. The van der Waals surface area contributed by atoms with Gasteiger partial charge in [0.25, 0.3) is 0 Å². The Bertz CT molecular complexity index is 3900. The molecule has 1 heterocycles. The number of para-hydroxylation sites is 4. The molecule has 70 heavy (non-hydrogen) atoms. The first-order valence-electron chi connectivity index (χ1n) is 24.2. The van der Waals surface area contributed by atoms with Crippen LogP contribution in [0.1, 0.15) is 22.3 Å². The van der Waals surface area contributed by atoms with Crippen LogP contribution in [0.3, 0.4) is 0 Å². The molecule has 0 radical (unpaired) electrons. The average molecular weight is 892 g/mol. The van der Waals surface area contributed by atoms with Gasteiger partial charge in [0.15, 0.2) is 0 Å². The van der Waals surface area contributed by atoms with E-state index in [1.54, 1.807) is 0 Å². The van der Waals surface area contributed by atoms with Crippen LogP contribution in [0.5, 0.6) is 0 Å². The smallest absolute Gasteiger partial charge is 0.0727 e. The van der Waals surface area contributed by atoms with Gasteiger partial charge in [0.1, 0.15) is 0 Å². The highest BCUT2D eigenvalue weighted by molar-refractivity contribution is 6.10. The fraction of sp³-hybridized carbons (Fsp3) is 0.0149. The summed E-state index contributed by atoms with van der Waals surface area (Å²) in [6, 6.07) is 100. The van der Waals surface area contributed by atoms with Crippen LogP contribution in [0.2, 0.25) is 0 Å². The normalized spacial score (nSPS) is 14.1. The zero-order chi connectivity index (χ0) is 46.2. The zero-order valence-corrected chi connectivity index (χ0v) is 38.3. The first-order valence-corrected chi connectivity index (χ1v) is 24.2. The van der Waals surface area contributed by atoms with Gasteiger partial charge in [-0.25, -0.2) is 0 Å². The lowest BCUT2D eigenvalue weighted by molar-refractivity contribution is 0.793. The molecule has 3 nitrogen and oxygen atoms in total. The molecule has 3 heteroatoms. The van der Waals surface area contributed by atoms with E-state index in [0.29, 0.717) is 0 Å². The number of aromatic nitrogens is 1. The topological polar surface area (TPSA) is 11.4 Å². The van der Waals surface area contributed by atoms with E-state index in [-0.39, 0.29) is 0 Å². The molecule has 0 saturated heterocycles. The fourth-order valence-electron chi connectivity index (χ4n) is 11.9. The number of nitrogens with zero attached hydrogens (tertiary/aromatic N) is 3. The van der Waals surface area contributed by atoms with Gasteiger partial charge in [-0.15, -0.1) is 0 Å². The molecule has 2 aliphatic carbocycles. The monoisotopic (exact) mass is 891 g/mol. The summed E-state index contributed by atoms with van der Waals surface area (Å²) in [4.78, 5) is 4.86. The molecular weight excluding hydrogens is 847 g/mol. The summed E-state index contributed by atoms with van der Waals surface area (Å²) in [5.41, 5.74) is 22.1. The third kappa shape index (κ3) is 6.01. The van der Waals surface area contributed by atoms with Gasteiger partial charge in [-0.05, 0) is 147 Å². The molecule has 12 aromatic rings. The highest BCUT2D eigenvalue weighted by atomic mass is 15.2. The number of hydrogen-bond acceptors (Lipinski definition) is 2. The number of fused-ring (bicyclic) bond motifs is 13. The third-order valence-corrected chi connectivity index (χ3v) is 14.7. The van der Waals surface area contributed by atoms with Crippen molar-refractivity contribution in [3.05, 3.63) is 295 Å². The lowest BCUT2D eigenvalue weighted by Gasteiger charge is -2.33.